The molecule has 0 saturated heterocycles. The Morgan fingerprint density at radius 2 is 1.88 bits per heavy atom. The third-order valence-electron chi connectivity index (χ3n) is 4.71. The Hall–Kier alpha value is -2.24. The van der Waals surface area contributed by atoms with E-state index in [1.165, 1.54) is 39.2 Å². The molecule has 6 heteroatoms. The van der Waals surface area contributed by atoms with Crippen molar-refractivity contribution >= 4 is 11.8 Å². The number of benzene rings is 1. The van der Waals surface area contributed by atoms with Crippen molar-refractivity contribution < 1.29 is 19.1 Å². The SMILES string of the molecule is CCCOc1ccc(C(=O)NNC(=O)CCC2CCCCC2)cc1OC. The van der Waals surface area contributed by atoms with E-state index in [9.17, 15) is 9.59 Å². The molecule has 1 saturated carbocycles. The van der Waals surface area contributed by atoms with Crippen LogP contribution in [0.2, 0.25) is 0 Å². The molecule has 1 aromatic rings. The predicted molar refractivity (Wildman–Crippen MR) is 100 cm³/mol. The van der Waals surface area contributed by atoms with Crippen LogP contribution in [-0.4, -0.2) is 25.5 Å². The number of hydrogen-bond donors (Lipinski definition) is 2. The van der Waals surface area contributed by atoms with Crippen LogP contribution in [0.5, 0.6) is 11.5 Å². The molecular formula is C20H30N2O4. The second-order valence-corrected chi connectivity index (χ2v) is 6.76. The molecule has 26 heavy (non-hydrogen) atoms. The second-order valence-electron chi connectivity index (χ2n) is 6.76. The molecule has 2 N–H and O–H groups in total. The first-order chi connectivity index (χ1) is 12.6. The van der Waals surface area contributed by atoms with Gasteiger partial charge in [-0.1, -0.05) is 39.0 Å². The number of amides is 2. The second kappa shape index (κ2) is 10.7. The van der Waals surface area contributed by atoms with Gasteiger partial charge in [-0.3, -0.25) is 20.4 Å². The molecule has 1 aromatic carbocycles. The molecule has 0 unspecified atom stereocenters. The Morgan fingerprint density at radius 3 is 2.58 bits per heavy atom. The Balaban J connectivity index is 1.80. The standard InChI is InChI=1S/C20H30N2O4/c1-3-13-26-17-11-10-16(14-18(17)25-2)20(24)22-21-19(23)12-9-15-7-5-4-6-8-15/h10-11,14-15H,3-9,12-13H2,1-2H3,(H,21,23)(H,22,24). The number of carbonyl (C=O) groups excluding carboxylic acids is 2. The minimum atomic E-state index is -0.378. The molecule has 1 fully saturated rings. The quantitative estimate of drug-likeness (QED) is 0.693. The molecule has 1 aliphatic rings. The first kappa shape index (κ1) is 20.1. The molecule has 0 aliphatic heterocycles. The highest BCUT2D eigenvalue weighted by Gasteiger charge is 2.16. The lowest BCUT2D eigenvalue weighted by atomic mass is 9.86. The summed E-state index contributed by atoms with van der Waals surface area (Å²) >= 11 is 0. The third-order valence-corrected chi connectivity index (χ3v) is 4.71. The molecule has 0 spiro atoms. The van der Waals surface area contributed by atoms with Crippen LogP contribution in [0.1, 0.15) is 68.6 Å². The van der Waals surface area contributed by atoms with Gasteiger partial charge in [-0.05, 0) is 37.0 Å². The maximum absolute atomic E-state index is 12.2. The van der Waals surface area contributed by atoms with E-state index >= 15 is 0 Å². The summed E-state index contributed by atoms with van der Waals surface area (Å²) < 4.78 is 10.8. The van der Waals surface area contributed by atoms with Crippen LogP contribution in [0.4, 0.5) is 0 Å². The highest BCUT2D eigenvalue weighted by molar-refractivity contribution is 5.96. The summed E-state index contributed by atoms with van der Waals surface area (Å²) in [5.41, 5.74) is 5.36. The largest absolute Gasteiger partial charge is 0.493 e. The van der Waals surface area contributed by atoms with Gasteiger partial charge in [0.15, 0.2) is 11.5 Å². The summed E-state index contributed by atoms with van der Waals surface area (Å²) in [6.45, 7) is 2.60. The van der Waals surface area contributed by atoms with Gasteiger partial charge in [0.05, 0.1) is 13.7 Å². The fourth-order valence-corrected chi connectivity index (χ4v) is 3.21. The number of methoxy groups -OCH3 is 1. The van der Waals surface area contributed by atoms with Gasteiger partial charge >= 0.3 is 0 Å². The summed E-state index contributed by atoms with van der Waals surface area (Å²) in [5.74, 6) is 1.21. The fraction of sp³-hybridized carbons (Fsp3) is 0.600. The Kier molecular flexibility index (Phi) is 8.25. The summed E-state index contributed by atoms with van der Waals surface area (Å²) in [4.78, 5) is 24.2. The molecular weight excluding hydrogens is 332 g/mol. The van der Waals surface area contributed by atoms with Crippen molar-refractivity contribution in [1.82, 2.24) is 10.9 Å². The van der Waals surface area contributed by atoms with Gasteiger partial charge in [0, 0.05) is 12.0 Å². The van der Waals surface area contributed by atoms with Crippen molar-refractivity contribution in [2.45, 2.75) is 58.3 Å². The first-order valence-electron chi connectivity index (χ1n) is 9.54. The number of carbonyl (C=O) groups is 2. The average Bonchev–Trinajstić information content (AvgIpc) is 2.69. The first-order valence-corrected chi connectivity index (χ1v) is 9.54. The van der Waals surface area contributed by atoms with E-state index < -0.39 is 0 Å². The van der Waals surface area contributed by atoms with E-state index in [-0.39, 0.29) is 11.8 Å². The maximum Gasteiger partial charge on any atom is 0.269 e. The van der Waals surface area contributed by atoms with E-state index in [0.717, 1.165) is 12.8 Å². The topological polar surface area (TPSA) is 76.7 Å². The molecule has 144 valence electrons. The fourth-order valence-electron chi connectivity index (χ4n) is 3.21. The summed E-state index contributed by atoms with van der Waals surface area (Å²) in [7, 11) is 1.53. The lowest BCUT2D eigenvalue weighted by Gasteiger charge is -2.21. The molecule has 1 aliphatic carbocycles. The van der Waals surface area contributed by atoms with E-state index in [1.54, 1.807) is 18.2 Å². The highest BCUT2D eigenvalue weighted by atomic mass is 16.5. The number of rotatable bonds is 8. The normalized spacial score (nSPS) is 14.5. The molecule has 0 atom stereocenters. The molecule has 2 amide bonds. The van der Waals surface area contributed by atoms with Crippen molar-refractivity contribution in [3.05, 3.63) is 23.8 Å². The molecule has 0 aromatic heterocycles. The third kappa shape index (κ3) is 6.24. The van der Waals surface area contributed by atoms with Gasteiger partial charge in [0.25, 0.3) is 5.91 Å². The van der Waals surface area contributed by atoms with Gasteiger partial charge in [-0.15, -0.1) is 0 Å². The van der Waals surface area contributed by atoms with Crippen LogP contribution < -0.4 is 20.3 Å². The lowest BCUT2D eigenvalue weighted by Crippen LogP contribution is -2.41. The van der Waals surface area contributed by atoms with Gasteiger partial charge < -0.3 is 9.47 Å². The number of hydrogen-bond acceptors (Lipinski definition) is 4. The smallest absolute Gasteiger partial charge is 0.269 e. The Bertz CT molecular complexity index is 597. The van der Waals surface area contributed by atoms with Crippen molar-refractivity contribution in [2.24, 2.45) is 5.92 Å². The van der Waals surface area contributed by atoms with Crippen LogP contribution in [0, 0.1) is 5.92 Å². The van der Waals surface area contributed by atoms with Crippen LogP contribution in [0.25, 0.3) is 0 Å². The zero-order valence-corrected chi connectivity index (χ0v) is 15.8. The van der Waals surface area contributed by atoms with Gasteiger partial charge in [-0.2, -0.15) is 0 Å². The van der Waals surface area contributed by atoms with Gasteiger partial charge in [0.2, 0.25) is 5.91 Å². The van der Waals surface area contributed by atoms with Crippen molar-refractivity contribution in [2.75, 3.05) is 13.7 Å². The molecule has 0 heterocycles. The highest BCUT2D eigenvalue weighted by Crippen LogP contribution is 2.28. The Labute approximate surface area is 155 Å². The summed E-state index contributed by atoms with van der Waals surface area (Å²) in [6.07, 6.45) is 8.49. The minimum absolute atomic E-state index is 0.154. The van der Waals surface area contributed by atoms with Crippen molar-refractivity contribution in [1.29, 1.82) is 0 Å². The average molecular weight is 362 g/mol. The lowest BCUT2D eigenvalue weighted by molar-refractivity contribution is -0.122. The zero-order chi connectivity index (χ0) is 18.8. The number of ether oxygens (including phenoxy) is 2. The predicted octanol–water partition coefficient (Wildman–Crippen LogP) is 3.61. The van der Waals surface area contributed by atoms with Gasteiger partial charge in [0.1, 0.15) is 0 Å². The van der Waals surface area contributed by atoms with Crippen LogP contribution in [-0.2, 0) is 4.79 Å². The number of hydrazine groups is 1. The van der Waals surface area contributed by atoms with Crippen LogP contribution >= 0.6 is 0 Å². The molecule has 0 bridgehead atoms. The Morgan fingerprint density at radius 1 is 1.12 bits per heavy atom. The van der Waals surface area contributed by atoms with Crippen molar-refractivity contribution in [3.8, 4) is 11.5 Å². The van der Waals surface area contributed by atoms with Crippen LogP contribution in [0.15, 0.2) is 18.2 Å². The van der Waals surface area contributed by atoms with E-state index in [2.05, 4.69) is 10.9 Å². The molecule has 2 rings (SSSR count). The van der Waals surface area contributed by atoms with E-state index in [0.29, 0.717) is 36.0 Å². The summed E-state index contributed by atoms with van der Waals surface area (Å²) in [5, 5.41) is 0. The molecule has 0 radical (unpaired) electrons. The summed E-state index contributed by atoms with van der Waals surface area (Å²) in [6, 6.07) is 4.96. The van der Waals surface area contributed by atoms with Crippen LogP contribution in [0.3, 0.4) is 0 Å². The molecule has 6 nitrogen and oxygen atoms in total. The van der Waals surface area contributed by atoms with Crippen molar-refractivity contribution in [3.63, 3.8) is 0 Å². The van der Waals surface area contributed by atoms with E-state index in [1.807, 2.05) is 6.92 Å². The van der Waals surface area contributed by atoms with E-state index in [4.69, 9.17) is 9.47 Å². The minimum Gasteiger partial charge on any atom is -0.493 e. The zero-order valence-electron chi connectivity index (χ0n) is 15.8. The maximum atomic E-state index is 12.2. The van der Waals surface area contributed by atoms with Gasteiger partial charge in [-0.25, -0.2) is 0 Å². The monoisotopic (exact) mass is 362 g/mol. The number of nitrogens with one attached hydrogen (secondary N) is 2.